The minimum Gasteiger partial charge on any atom is -0.507 e. The maximum absolute atomic E-state index is 12.3. The van der Waals surface area contributed by atoms with Gasteiger partial charge in [-0.05, 0) is 43.4 Å². The zero-order valence-electron chi connectivity index (χ0n) is 14.7. The number of hydrogen-bond acceptors (Lipinski definition) is 4. The van der Waals surface area contributed by atoms with E-state index in [0.29, 0.717) is 24.1 Å². The number of fused-ring (bicyclic) bond motifs is 1. The standard InChI is InChI=1S/C20H24N2O3/c1-12-6-13(2)19(23)14(7-12)9-22-10-16-17(11-22)18(16)20(24)21-8-15-4-3-5-25-15/h3-7,16-18,23H,8-11H2,1-2H3,(H,21,24)/t16-,17+,18?. The van der Waals surface area contributed by atoms with Crippen molar-refractivity contribution in [2.24, 2.45) is 17.8 Å². The Kier molecular flexibility index (Phi) is 4.04. The minimum atomic E-state index is 0.138. The molecule has 1 aromatic heterocycles. The van der Waals surface area contributed by atoms with Gasteiger partial charge in [0.15, 0.2) is 0 Å². The highest BCUT2D eigenvalue weighted by molar-refractivity contribution is 5.82. The molecule has 25 heavy (non-hydrogen) atoms. The molecule has 1 aliphatic carbocycles. The van der Waals surface area contributed by atoms with Gasteiger partial charge in [-0.3, -0.25) is 9.69 Å². The van der Waals surface area contributed by atoms with Crippen LogP contribution in [0.1, 0.15) is 22.5 Å². The monoisotopic (exact) mass is 340 g/mol. The maximum atomic E-state index is 12.3. The molecule has 3 atom stereocenters. The first-order valence-corrected chi connectivity index (χ1v) is 8.84. The predicted molar refractivity (Wildman–Crippen MR) is 93.9 cm³/mol. The van der Waals surface area contributed by atoms with E-state index in [2.05, 4.69) is 23.2 Å². The number of benzene rings is 1. The number of hydrogen-bond donors (Lipinski definition) is 2. The maximum Gasteiger partial charge on any atom is 0.224 e. The van der Waals surface area contributed by atoms with E-state index in [1.54, 1.807) is 6.26 Å². The minimum absolute atomic E-state index is 0.138. The van der Waals surface area contributed by atoms with Gasteiger partial charge in [-0.15, -0.1) is 0 Å². The van der Waals surface area contributed by atoms with Crippen molar-refractivity contribution in [3.8, 4) is 5.75 Å². The van der Waals surface area contributed by atoms with Crippen molar-refractivity contribution in [2.75, 3.05) is 13.1 Å². The molecule has 5 nitrogen and oxygen atoms in total. The molecule has 2 heterocycles. The van der Waals surface area contributed by atoms with Gasteiger partial charge in [-0.1, -0.05) is 17.7 Å². The second-order valence-electron chi connectivity index (χ2n) is 7.43. The molecule has 2 N–H and O–H groups in total. The van der Waals surface area contributed by atoms with Crippen molar-refractivity contribution in [1.29, 1.82) is 0 Å². The van der Waals surface area contributed by atoms with E-state index >= 15 is 0 Å². The van der Waals surface area contributed by atoms with Crippen LogP contribution in [-0.2, 0) is 17.9 Å². The molecule has 2 aliphatic rings. The molecular weight excluding hydrogens is 316 g/mol. The molecule has 132 valence electrons. The smallest absolute Gasteiger partial charge is 0.224 e. The Balaban J connectivity index is 1.30. The molecule has 1 unspecified atom stereocenters. The normalized spacial score (nSPS) is 25.0. The first kappa shape index (κ1) is 16.2. The summed E-state index contributed by atoms with van der Waals surface area (Å²) < 4.78 is 5.25. The molecule has 1 saturated heterocycles. The number of piperidine rings is 1. The van der Waals surface area contributed by atoms with Gasteiger partial charge in [-0.2, -0.15) is 0 Å². The lowest BCUT2D eigenvalue weighted by Crippen LogP contribution is -2.31. The molecule has 5 heteroatoms. The molecule has 0 radical (unpaired) electrons. The summed E-state index contributed by atoms with van der Waals surface area (Å²) in [5, 5.41) is 13.2. The van der Waals surface area contributed by atoms with Crippen molar-refractivity contribution in [1.82, 2.24) is 10.2 Å². The number of carbonyl (C=O) groups is 1. The van der Waals surface area contributed by atoms with E-state index in [4.69, 9.17) is 4.42 Å². The molecule has 1 aromatic carbocycles. The Morgan fingerprint density at radius 3 is 2.76 bits per heavy atom. The van der Waals surface area contributed by atoms with Gasteiger partial charge in [-0.25, -0.2) is 0 Å². The number of nitrogens with zero attached hydrogens (tertiary/aromatic N) is 1. The Hall–Kier alpha value is -2.27. The van der Waals surface area contributed by atoms with Crippen LogP contribution in [0.5, 0.6) is 5.75 Å². The summed E-state index contributed by atoms with van der Waals surface area (Å²) in [4.78, 5) is 14.7. The lowest BCUT2D eigenvalue weighted by atomic mass is 10.0. The van der Waals surface area contributed by atoms with E-state index in [1.165, 1.54) is 5.56 Å². The number of nitrogens with one attached hydrogen (secondary N) is 1. The van der Waals surface area contributed by atoms with Crippen LogP contribution in [-0.4, -0.2) is 29.0 Å². The number of phenolic OH excluding ortho intramolecular Hbond substituents is 1. The predicted octanol–water partition coefficient (Wildman–Crippen LogP) is 2.60. The number of aryl methyl sites for hydroxylation is 2. The second kappa shape index (κ2) is 6.23. The molecular formula is C20H24N2O3. The van der Waals surface area contributed by atoms with Crippen molar-refractivity contribution in [3.63, 3.8) is 0 Å². The van der Waals surface area contributed by atoms with Crippen LogP contribution in [0, 0.1) is 31.6 Å². The van der Waals surface area contributed by atoms with E-state index in [1.807, 2.05) is 25.1 Å². The zero-order valence-corrected chi connectivity index (χ0v) is 14.7. The van der Waals surface area contributed by atoms with Crippen molar-refractivity contribution >= 4 is 5.91 Å². The Morgan fingerprint density at radius 2 is 2.08 bits per heavy atom. The number of furan rings is 1. The third-order valence-electron chi connectivity index (χ3n) is 5.51. The third-order valence-corrected chi connectivity index (χ3v) is 5.51. The van der Waals surface area contributed by atoms with E-state index in [-0.39, 0.29) is 11.8 Å². The summed E-state index contributed by atoms with van der Waals surface area (Å²) in [7, 11) is 0. The molecule has 0 bridgehead atoms. The number of aromatic hydroxyl groups is 1. The van der Waals surface area contributed by atoms with Crippen molar-refractivity contribution < 1.29 is 14.3 Å². The van der Waals surface area contributed by atoms with Crippen molar-refractivity contribution in [2.45, 2.75) is 26.9 Å². The molecule has 2 fully saturated rings. The highest BCUT2D eigenvalue weighted by atomic mass is 16.3. The highest BCUT2D eigenvalue weighted by Gasteiger charge is 2.59. The van der Waals surface area contributed by atoms with Gasteiger partial charge in [0.25, 0.3) is 0 Å². The van der Waals surface area contributed by atoms with Gasteiger partial charge >= 0.3 is 0 Å². The Bertz CT molecular complexity index is 772. The summed E-state index contributed by atoms with van der Waals surface area (Å²) >= 11 is 0. The zero-order chi connectivity index (χ0) is 17.6. The molecule has 1 saturated carbocycles. The quantitative estimate of drug-likeness (QED) is 0.878. The largest absolute Gasteiger partial charge is 0.507 e. The molecule has 0 spiro atoms. The van der Waals surface area contributed by atoms with Crippen LogP contribution in [0.3, 0.4) is 0 Å². The fourth-order valence-electron chi connectivity index (χ4n) is 4.25. The topological polar surface area (TPSA) is 65.7 Å². The Labute approximate surface area is 147 Å². The third kappa shape index (κ3) is 3.16. The fraction of sp³-hybridized carbons (Fsp3) is 0.450. The SMILES string of the molecule is Cc1cc(C)c(O)c(CN2C[C@@H]3C(C(=O)NCc4ccco4)[C@@H]3C2)c1. The number of phenols is 1. The average molecular weight is 340 g/mol. The molecule has 2 aromatic rings. The van der Waals surface area contributed by atoms with Gasteiger partial charge in [0, 0.05) is 31.1 Å². The van der Waals surface area contributed by atoms with E-state index in [0.717, 1.165) is 36.5 Å². The molecule has 1 amide bonds. The van der Waals surface area contributed by atoms with Crippen LogP contribution in [0.25, 0.3) is 0 Å². The van der Waals surface area contributed by atoms with E-state index in [9.17, 15) is 9.90 Å². The number of amides is 1. The summed E-state index contributed by atoms with van der Waals surface area (Å²) in [5.74, 6) is 2.36. The van der Waals surface area contributed by atoms with Crippen LogP contribution in [0.4, 0.5) is 0 Å². The first-order chi connectivity index (χ1) is 12.0. The van der Waals surface area contributed by atoms with Gasteiger partial charge in [0.2, 0.25) is 5.91 Å². The van der Waals surface area contributed by atoms with Gasteiger partial charge in [0.05, 0.1) is 12.8 Å². The van der Waals surface area contributed by atoms with E-state index < -0.39 is 0 Å². The summed E-state index contributed by atoms with van der Waals surface area (Å²) in [6.07, 6.45) is 1.62. The number of carbonyl (C=O) groups excluding carboxylic acids is 1. The summed E-state index contributed by atoms with van der Waals surface area (Å²) in [5.41, 5.74) is 3.08. The van der Waals surface area contributed by atoms with Crippen LogP contribution < -0.4 is 5.32 Å². The fourth-order valence-corrected chi connectivity index (χ4v) is 4.25. The van der Waals surface area contributed by atoms with Crippen LogP contribution in [0.15, 0.2) is 34.9 Å². The van der Waals surface area contributed by atoms with Crippen molar-refractivity contribution in [3.05, 3.63) is 53.0 Å². The number of likely N-dealkylation sites (tertiary alicyclic amines) is 1. The summed E-state index contributed by atoms with van der Waals surface area (Å²) in [6, 6.07) is 7.75. The lowest BCUT2D eigenvalue weighted by Gasteiger charge is -2.20. The average Bonchev–Trinajstić information content (AvgIpc) is 2.96. The first-order valence-electron chi connectivity index (χ1n) is 8.84. The van der Waals surface area contributed by atoms with Gasteiger partial charge in [0.1, 0.15) is 11.5 Å². The van der Waals surface area contributed by atoms with Crippen LogP contribution in [0.2, 0.25) is 0 Å². The van der Waals surface area contributed by atoms with Crippen LogP contribution >= 0.6 is 0 Å². The van der Waals surface area contributed by atoms with Gasteiger partial charge < -0.3 is 14.8 Å². The Morgan fingerprint density at radius 1 is 1.32 bits per heavy atom. The molecule has 1 aliphatic heterocycles. The lowest BCUT2D eigenvalue weighted by molar-refractivity contribution is -0.123. The second-order valence-corrected chi connectivity index (χ2v) is 7.43. The molecule has 4 rings (SSSR count). The number of rotatable bonds is 5. The summed E-state index contributed by atoms with van der Waals surface area (Å²) in [6.45, 7) is 7.05. The highest BCUT2D eigenvalue weighted by Crippen LogP contribution is 2.52.